The number of guanidine groups is 1. The van der Waals surface area contributed by atoms with Crippen molar-refractivity contribution < 1.29 is 32.2 Å². The number of nitrogens with zero attached hydrogens (tertiary/aromatic N) is 2. The number of hydrogen-bond donors (Lipinski definition) is 3. The third-order valence-electron chi connectivity index (χ3n) is 4.48. The first-order valence-electron chi connectivity index (χ1n) is 10.9. The van der Waals surface area contributed by atoms with Crippen LogP contribution in [0.5, 0.6) is 0 Å². The van der Waals surface area contributed by atoms with Gasteiger partial charge >= 0.3 is 12.3 Å². The molecule has 0 radical (unpaired) electrons. The SMILES string of the molecule is CC(C)(C)OC(=O)NC(=N)NC(=O)COCc1nc2ccccn2c1C#Cc1cccc(C(F)(F)F)c1. The van der Waals surface area contributed by atoms with Crippen molar-refractivity contribution in [2.45, 2.75) is 39.2 Å². The predicted octanol–water partition coefficient (Wildman–Crippen LogP) is 3.85. The largest absolute Gasteiger partial charge is 0.444 e. The molecule has 0 aliphatic rings. The highest BCUT2D eigenvalue weighted by atomic mass is 19.4. The summed E-state index contributed by atoms with van der Waals surface area (Å²) in [6.45, 7) is 4.35. The number of alkyl carbamates (subject to hydrolysis) is 1. The number of nitrogens with one attached hydrogen (secondary N) is 3. The van der Waals surface area contributed by atoms with Crippen molar-refractivity contribution in [3.8, 4) is 11.8 Å². The number of benzene rings is 1. The fourth-order valence-electron chi connectivity index (χ4n) is 3.04. The minimum atomic E-state index is -4.49. The fourth-order valence-corrected chi connectivity index (χ4v) is 3.04. The van der Waals surface area contributed by atoms with Crippen LogP contribution in [0, 0.1) is 17.3 Å². The summed E-state index contributed by atoms with van der Waals surface area (Å²) in [5.41, 5.74) is -0.134. The van der Waals surface area contributed by atoms with Gasteiger partial charge in [-0.15, -0.1) is 0 Å². The number of rotatable bonds is 4. The van der Waals surface area contributed by atoms with E-state index in [4.69, 9.17) is 14.9 Å². The molecule has 37 heavy (non-hydrogen) atoms. The lowest BCUT2D eigenvalue weighted by atomic mass is 10.1. The molecule has 0 aliphatic heterocycles. The maximum atomic E-state index is 13.0. The topological polar surface area (TPSA) is 118 Å². The van der Waals surface area contributed by atoms with E-state index in [-0.39, 0.29) is 12.2 Å². The Morgan fingerprint density at radius 3 is 2.54 bits per heavy atom. The smallest absolute Gasteiger partial charge is 0.416 e. The highest BCUT2D eigenvalue weighted by molar-refractivity contribution is 6.01. The number of carbonyl (C=O) groups is 2. The fraction of sp³-hybridized carbons (Fsp3) is 0.280. The molecule has 0 unspecified atom stereocenters. The number of imidazole rings is 1. The molecule has 12 heteroatoms. The normalized spacial score (nSPS) is 11.4. The molecular weight excluding hydrogens is 491 g/mol. The average molecular weight is 515 g/mol. The van der Waals surface area contributed by atoms with Gasteiger partial charge in [0.05, 0.1) is 12.2 Å². The molecule has 1 aromatic carbocycles. The Morgan fingerprint density at radius 1 is 1.08 bits per heavy atom. The molecule has 0 spiro atoms. The van der Waals surface area contributed by atoms with Gasteiger partial charge < -0.3 is 9.47 Å². The molecule has 194 valence electrons. The number of aromatic nitrogens is 2. The van der Waals surface area contributed by atoms with Crippen molar-refractivity contribution in [3.63, 3.8) is 0 Å². The first-order valence-corrected chi connectivity index (χ1v) is 10.9. The number of fused-ring (bicyclic) bond motifs is 1. The van der Waals surface area contributed by atoms with E-state index in [0.717, 1.165) is 12.1 Å². The Hall–Kier alpha value is -4.37. The number of pyridine rings is 1. The Kier molecular flexibility index (Phi) is 8.19. The third-order valence-corrected chi connectivity index (χ3v) is 4.48. The summed E-state index contributed by atoms with van der Waals surface area (Å²) >= 11 is 0. The molecule has 0 fully saturated rings. The Bertz CT molecular complexity index is 1380. The minimum Gasteiger partial charge on any atom is -0.444 e. The van der Waals surface area contributed by atoms with E-state index in [1.165, 1.54) is 12.1 Å². The number of ether oxygens (including phenoxy) is 2. The van der Waals surface area contributed by atoms with E-state index in [9.17, 15) is 22.8 Å². The van der Waals surface area contributed by atoms with Gasteiger partial charge in [0.15, 0.2) is 0 Å². The molecule has 9 nitrogen and oxygen atoms in total. The summed E-state index contributed by atoms with van der Waals surface area (Å²) in [7, 11) is 0. The predicted molar refractivity (Wildman–Crippen MR) is 128 cm³/mol. The summed E-state index contributed by atoms with van der Waals surface area (Å²) in [5.74, 6) is 4.29. The van der Waals surface area contributed by atoms with Gasteiger partial charge in [0.25, 0.3) is 5.91 Å². The number of hydrogen-bond acceptors (Lipinski definition) is 6. The van der Waals surface area contributed by atoms with Gasteiger partial charge in [0.2, 0.25) is 5.96 Å². The van der Waals surface area contributed by atoms with E-state index in [1.807, 2.05) is 0 Å². The molecule has 3 aromatic rings. The lowest BCUT2D eigenvalue weighted by molar-refractivity contribution is -0.137. The summed E-state index contributed by atoms with van der Waals surface area (Å²) in [4.78, 5) is 28.2. The minimum absolute atomic E-state index is 0.144. The molecule has 0 saturated heterocycles. The second-order valence-corrected chi connectivity index (χ2v) is 8.71. The molecule has 0 atom stereocenters. The third kappa shape index (κ3) is 8.08. The number of alkyl halides is 3. The summed E-state index contributed by atoms with van der Waals surface area (Å²) in [5, 5.41) is 11.9. The van der Waals surface area contributed by atoms with Crippen molar-refractivity contribution in [2.75, 3.05) is 6.61 Å². The van der Waals surface area contributed by atoms with Crippen LogP contribution in [0.3, 0.4) is 0 Å². The molecule has 2 heterocycles. The van der Waals surface area contributed by atoms with Crippen molar-refractivity contribution in [3.05, 3.63) is 71.2 Å². The van der Waals surface area contributed by atoms with E-state index >= 15 is 0 Å². The Morgan fingerprint density at radius 2 is 1.84 bits per heavy atom. The van der Waals surface area contributed by atoms with Gasteiger partial charge in [0.1, 0.15) is 29.2 Å². The van der Waals surface area contributed by atoms with Crippen molar-refractivity contribution in [2.24, 2.45) is 0 Å². The second-order valence-electron chi connectivity index (χ2n) is 8.71. The van der Waals surface area contributed by atoms with Gasteiger partial charge in [0, 0.05) is 11.8 Å². The zero-order valence-corrected chi connectivity index (χ0v) is 20.2. The van der Waals surface area contributed by atoms with Crippen LogP contribution in [0.15, 0.2) is 48.7 Å². The van der Waals surface area contributed by atoms with E-state index < -0.39 is 41.9 Å². The van der Waals surface area contributed by atoms with Crippen LogP contribution in [0.25, 0.3) is 5.65 Å². The monoisotopic (exact) mass is 515 g/mol. The van der Waals surface area contributed by atoms with Crippen LogP contribution in [0.4, 0.5) is 18.0 Å². The van der Waals surface area contributed by atoms with E-state index in [0.29, 0.717) is 17.0 Å². The summed E-state index contributed by atoms with van der Waals surface area (Å²) in [6.07, 6.45) is -3.69. The molecule has 0 aliphatic carbocycles. The number of carbonyl (C=O) groups excluding carboxylic acids is 2. The van der Waals surface area contributed by atoms with Gasteiger partial charge in [-0.25, -0.2) is 9.78 Å². The van der Waals surface area contributed by atoms with Crippen LogP contribution >= 0.6 is 0 Å². The summed E-state index contributed by atoms with van der Waals surface area (Å²) in [6, 6.07) is 9.88. The first-order chi connectivity index (χ1) is 17.3. The van der Waals surface area contributed by atoms with E-state index in [2.05, 4.69) is 27.5 Å². The average Bonchev–Trinajstić information content (AvgIpc) is 3.13. The second kappa shape index (κ2) is 11.1. The highest BCUT2D eigenvalue weighted by Crippen LogP contribution is 2.29. The Balaban J connectivity index is 1.67. The van der Waals surface area contributed by atoms with Gasteiger partial charge in [-0.2, -0.15) is 13.2 Å². The number of amides is 2. The zero-order valence-electron chi connectivity index (χ0n) is 20.2. The van der Waals surface area contributed by atoms with Gasteiger partial charge in [-0.3, -0.25) is 25.2 Å². The number of halogens is 3. The first kappa shape index (κ1) is 27.2. The van der Waals surface area contributed by atoms with Crippen LogP contribution in [-0.4, -0.2) is 39.6 Å². The quantitative estimate of drug-likeness (QED) is 0.277. The lowest BCUT2D eigenvalue weighted by Gasteiger charge is -2.19. The maximum absolute atomic E-state index is 13.0. The molecule has 0 bridgehead atoms. The molecular formula is C25H24F3N5O4. The van der Waals surface area contributed by atoms with Gasteiger partial charge in [-0.05, 0) is 57.0 Å². The van der Waals surface area contributed by atoms with Crippen LogP contribution in [0.1, 0.15) is 43.3 Å². The lowest BCUT2D eigenvalue weighted by Crippen LogP contribution is -2.46. The maximum Gasteiger partial charge on any atom is 0.416 e. The molecule has 0 saturated carbocycles. The van der Waals surface area contributed by atoms with Crippen molar-refractivity contribution in [1.82, 2.24) is 20.0 Å². The Labute approximate surface area is 210 Å². The zero-order chi connectivity index (χ0) is 27.2. The van der Waals surface area contributed by atoms with Crippen LogP contribution in [-0.2, 0) is 27.1 Å². The van der Waals surface area contributed by atoms with Crippen molar-refractivity contribution in [1.29, 1.82) is 5.41 Å². The van der Waals surface area contributed by atoms with Crippen LogP contribution < -0.4 is 10.6 Å². The van der Waals surface area contributed by atoms with Gasteiger partial charge in [-0.1, -0.05) is 18.1 Å². The molecule has 2 aromatic heterocycles. The van der Waals surface area contributed by atoms with E-state index in [1.54, 1.807) is 49.6 Å². The summed E-state index contributed by atoms with van der Waals surface area (Å²) < 4.78 is 51.1. The molecule has 2 amide bonds. The highest BCUT2D eigenvalue weighted by Gasteiger charge is 2.30. The van der Waals surface area contributed by atoms with Crippen molar-refractivity contribution >= 4 is 23.6 Å². The molecule has 3 rings (SSSR count). The standard InChI is InChI=1S/C25H24F3N5O4/c1-24(2,3)37-23(35)32-22(29)31-21(34)15-36-14-18-19(33-12-5-4-9-20(33)30-18)11-10-16-7-6-8-17(13-16)25(26,27)28/h4-9,12-13H,14-15H2,1-3H3,(H3,29,31,32,34,35). The molecule has 3 N–H and O–H groups in total. The van der Waals surface area contributed by atoms with Crippen LogP contribution in [0.2, 0.25) is 0 Å².